The van der Waals surface area contributed by atoms with Crippen molar-refractivity contribution in [2.45, 2.75) is 12.8 Å². The molecule has 0 aliphatic carbocycles. The van der Waals surface area contributed by atoms with Gasteiger partial charge in [-0.1, -0.05) is 11.6 Å². The molecule has 7 heteroatoms. The number of halogens is 1. The summed E-state index contributed by atoms with van der Waals surface area (Å²) in [5.41, 5.74) is 0.314. The van der Waals surface area contributed by atoms with Crippen LogP contribution < -0.4 is 15.4 Å². The summed E-state index contributed by atoms with van der Waals surface area (Å²) in [6.45, 7) is 1.56. The Bertz CT molecular complexity index is 556. The molecule has 1 aliphatic heterocycles. The minimum absolute atomic E-state index is 0.0418. The molecule has 0 aromatic heterocycles. The lowest BCUT2D eigenvalue weighted by atomic mass is 9.98. The van der Waals surface area contributed by atoms with E-state index in [-0.39, 0.29) is 28.2 Å². The van der Waals surface area contributed by atoms with Crippen molar-refractivity contribution in [3.8, 4) is 5.75 Å². The molecule has 0 radical (unpaired) electrons. The van der Waals surface area contributed by atoms with Gasteiger partial charge in [0.15, 0.2) is 0 Å². The largest absolute Gasteiger partial charge is 0.496 e. The summed E-state index contributed by atoms with van der Waals surface area (Å²) < 4.78 is 5.03. The van der Waals surface area contributed by atoms with Crippen LogP contribution in [0.3, 0.4) is 0 Å². The highest BCUT2D eigenvalue weighted by molar-refractivity contribution is 6.34. The first kappa shape index (κ1) is 15.6. The zero-order valence-electron chi connectivity index (χ0n) is 11.6. The molecule has 6 nitrogen and oxygen atoms in total. The number of carboxylic acids is 1. The van der Waals surface area contributed by atoms with Gasteiger partial charge in [0, 0.05) is 12.6 Å². The van der Waals surface area contributed by atoms with Crippen molar-refractivity contribution in [2.24, 2.45) is 5.92 Å². The molecule has 1 unspecified atom stereocenters. The Hall–Kier alpha value is -1.79. The van der Waals surface area contributed by atoms with Crippen LogP contribution in [-0.4, -0.2) is 37.2 Å². The van der Waals surface area contributed by atoms with Gasteiger partial charge in [0.05, 0.1) is 23.7 Å². The van der Waals surface area contributed by atoms with Crippen molar-refractivity contribution in [1.29, 1.82) is 0 Å². The number of benzene rings is 1. The van der Waals surface area contributed by atoms with Gasteiger partial charge in [-0.15, -0.1) is 0 Å². The minimum atomic E-state index is -1.14. The number of hydrogen-bond acceptors (Lipinski definition) is 4. The van der Waals surface area contributed by atoms with Crippen LogP contribution in [0.4, 0.5) is 5.69 Å². The summed E-state index contributed by atoms with van der Waals surface area (Å²) in [5, 5.41) is 15.1. The molecule has 1 atom stereocenters. The zero-order valence-corrected chi connectivity index (χ0v) is 12.4. The Kier molecular flexibility index (Phi) is 5.03. The summed E-state index contributed by atoms with van der Waals surface area (Å²) in [4.78, 5) is 23.3. The number of carbonyl (C=O) groups excluding carboxylic acids is 1. The minimum Gasteiger partial charge on any atom is -0.496 e. The number of hydrogen-bond donors (Lipinski definition) is 3. The van der Waals surface area contributed by atoms with Crippen LogP contribution in [-0.2, 0) is 4.79 Å². The molecule has 0 spiro atoms. The van der Waals surface area contributed by atoms with Gasteiger partial charge in [-0.3, -0.25) is 4.79 Å². The zero-order chi connectivity index (χ0) is 15.4. The second kappa shape index (κ2) is 6.78. The van der Waals surface area contributed by atoms with E-state index in [4.69, 9.17) is 21.4 Å². The normalized spacial score (nSPS) is 18.1. The van der Waals surface area contributed by atoms with E-state index in [9.17, 15) is 9.59 Å². The average molecular weight is 313 g/mol. The fourth-order valence-electron chi connectivity index (χ4n) is 2.30. The van der Waals surface area contributed by atoms with Crippen LogP contribution in [0.25, 0.3) is 0 Å². The lowest BCUT2D eigenvalue weighted by molar-refractivity contribution is -0.120. The Morgan fingerprint density at radius 3 is 2.81 bits per heavy atom. The third-order valence-corrected chi connectivity index (χ3v) is 3.76. The second-order valence-electron chi connectivity index (χ2n) is 4.87. The van der Waals surface area contributed by atoms with Crippen LogP contribution in [0.2, 0.25) is 5.02 Å². The van der Waals surface area contributed by atoms with E-state index < -0.39 is 5.97 Å². The molecule has 114 valence electrons. The van der Waals surface area contributed by atoms with Gasteiger partial charge in [-0.2, -0.15) is 0 Å². The highest BCUT2D eigenvalue weighted by Crippen LogP contribution is 2.31. The Labute approximate surface area is 127 Å². The summed E-state index contributed by atoms with van der Waals surface area (Å²) in [6, 6.07) is 2.71. The number of ether oxygens (including phenoxy) is 1. The Morgan fingerprint density at radius 2 is 2.24 bits per heavy atom. The number of aromatic carboxylic acids is 1. The van der Waals surface area contributed by atoms with Crippen LogP contribution in [0.1, 0.15) is 23.2 Å². The summed E-state index contributed by atoms with van der Waals surface area (Å²) >= 11 is 6.04. The SMILES string of the molecule is COc1cc(NC(=O)C2CCCNC2)c(Cl)cc1C(=O)O. The van der Waals surface area contributed by atoms with Crippen molar-refractivity contribution >= 4 is 29.2 Å². The number of rotatable bonds is 4. The Morgan fingerprint density at radius 1 is 1.48 bits per heavy atom. The first-order valence-corrected chi connectivity index (χ1v) is 7.03. The first-order valence-electron chi connectivity index (χ1n) is 6.65. The molecule has 1 aliphatic rings. The number of carbonyl (C=O) groups is 2. The van der Waals surface area contributed by atoms with E-state index in [1.807, 2.05) is 0 Å². The highest BCUT2D eigenvalue weighted by atomic mass is 35.5. The fourth-order valence-corrected chi connectivity index (χ4v) is 2.51. The van der Waals surface area contributed by atoms with Crippen molar-refractivity contribution in [1.82, 2.24) is 5.32 Å². The van der Waals surface area contributed by atoms with Gasteiger partial charge < -0.3 is 20.5 Å². The molecule has 1 amide bonds. The predicted octanol–water partition coefficient (Wildman–Crippen LogP) is 1.98. The number of carboxylic acid groups (broad SMARTS) is 1. The van der Waals surface area contributed by atoms with Crippen molar-refractivity contribution in [2.75, 3.05) is 25.5 Å². The van der Waals surface area contributed by atoms with Gasteiger partial charge in [-0.25, -0.2) is 4.79 Å². The number of anilines is 1. The highest BCUT2D eigenvalue weighted by Gasteiger charge is 2.22. The Balaban J connectivity index is 2.19. The second-order valence-corrected chi connectivity index (χ2v) is 5.28. The topological polar surface area (TPSA) is 87.7 Å². The fraction of sp³-hybridized carbons (Fsp3) is 0.429. The predicted molar refractivity (Wildman–Crippen MR) is 79.2 cm³/mol. The third kappa shape index (κ3) is 3.65. The standard InChI is InChI=1S/C14H17ClN2O4/c1-21-12-6-11(10(15)5-9(12)14(19)20)17-13(18)8-3-2-4-16-7-8/h5-6,8,16H,2-4,7H2,1H3,(H,17,18)(H,19,20). The van der Waals surface area contributed by atoms with Gasteiger partial charge >= 0.3 is 5.97 Å². The van der Waals surface area contributed by atoms with E-state index in [0.717, 1.165) is 19.4 Å². The lowest BCUT2D eigenvalue weighted by Gasteiger charge is -2.22. The van der Waals surface area contributed by atoms with Crippen molar-refractivity contribution in [3.63, 3.8) is 0 Å². The molecule has 2 rings (SSSR count). The average Bonchev–Trinajstić information content (AvgIpc) is 2.49. The molecule has 21 heavy (non-hydrogen) atoms. The molecule has 1 aromatic carbocycles. The number of nitrogens with one attached hydrogen (secondary N) is 2. The van der Waals surface area contributed by atoms with E-state index in [0.29, 0.717) is 12.2 Å². The molecule has 3 N–H and O–H groups in total. The van der Waals surface area contributed by atoms with E-state index >= 15 is 0 Å². The number of piperidine rings is 1. The molecule has 1 aromatic rings. The van der Waals surface area contributed by atoms with Crippen LogP contribution in [0.5, 0.6) is 5.75 Å². The molecule has 1 fully saturated rings. The first-order chi connectivity index (χ1) is 10.0. The maximum Gasteiger partial charge on any atom is 0.339 e. The molecule has 1 heterocycles. The summed E-state index contributed by atoms with van der Waals surface area (Å²) in [7, 11) is 1.37. The van der Waals surface area contributed by atoms with E-state index in [1.165, 1.54) is 19.2 Å². The van der Waals surface area contributed by atoms with Crippen molar-refractivity contribution < 1.29 is 19.4 Å². The maximum atomic E-state index is 12.2. The quantitative estimate of drug-likeness (QED) is 0.791. The number of methoxy groups -OCH3 is 1. The monoisotopic (exact) mass is 312 g/mol. The van der Waals surface area contributed by atoms with Crippen LogP contribution >= 0.6 is 11.6 Å². The van der Waals surface area contributed by atoms with E-state index in [1.54, 1.807) is 0 Å². The van der Waals surface area contributed by atoms with Gasteiger partial charge in [0.25, 0.3) is 0 Å². The van der Waals surface area contributed by atoms with Crippen LogP contribution in [0, 0.1) is 5.92 Å². The smallest absolute Gasteiger partial charge is 0.339 e. The van der Waals surface area contributed by atoms with Crippen molar-refractivity contribution in [3.05, 3.63) is 22.7 Å². The molecular weight excluding hydrogens is 296 g/mol. The maximum absolute atomic E-state index is 12.2. The van der Waals surface area contributed by atoms with E-state index in [2.05, 4.69) is 10.6 Å². The summed E-state index contributed by atoms with van der Waals surface area (Å²) in [5.74, 6) is -1.22. The molecule has 1 saturated heterocycles. The molecule has 0 bridgehead atoms. The molecular formula is C14H17ClN2O4. The van der Waals surface area contributed by atoms with Gasteiger partial charge in [0.1, 0.15) is 11.3 Å². The van der Waals surface area contributed by atoms with Crippen LogP contribution in [0.15, 0.2) is 12.1 Å². The molecule has 0 saturated carbocycles. The lowest BCUT2D eigenvalue weighted by Crippen LogP contribution is -2.37. The number of amides is 1. The summed E-state index contributed by atoms with van der Waals surface area (Å²) in [6.07, 6.45) is 1.77. The van der Waals surface area contributed by atoms with Gasteiger partial charge in [0.2, 0.25) is 5.91 Å². The van der Waals surface area contributed by atoms with Gasteiger partial charge in [-0.05, 0) is 25.5 Å². The third-order valence-electron chi connectivity index (χ3n) is 3.45.